The number of furan rings is 1. The molecule has 1 aliphatic heterocycles. The Bertz CT molecular complexity index is 1030. The van der Waals surface area contributed by atoms with E-state index in [0.29, 0.717) is 29.2 Å². The summed E-state index contributed by atoms with van der Waals surface area (Å²) in [5.74, 6) is -0.503. The van der Waals surface area contributed by atoms with Gasteiger partial charge in [0.1, 0.15) is 6.04 Å². The highest BCUT2D eigenvalue weighted by molar-refractivity contribution is 7.12. The first-order chi connectivity index (χ1) is 14.6. The van der Waals surface area contributed by atoms with Crippen LogP contribution in [0, 0.1) is 0 Å². The van der Waals surface area contributed by atoms with Gasteiger partial charge in [-0.05, 0) is 61.0 Å². The van der Waals surface area contributed by atoms with Crippen LogP contribution in [0.1, 0.15) is 39.5 Å². The van der Waals surface area contributed by atoms with E-state index in [9.17, 15) is 14.4 Å². The van der Waals surface area contributed by atoms with Gasteiger partial charge in [0.15, 0.2) is 5.76 Å². The summed E-state index contributed by atoms with van der Waals surface area (Å²) >= 11 is 1.38. The predicted octanol–water partition coefficient (Wildman–Crippen LogP) is 4.23. The number of piperidine rings is 1. The summed E-state index contributed by atoms with van der Waals surface area (Å²) in [6, 6.07) is 13.2. The van der Waals surface area contributed by atoms with Gasteiger partial charge in [-0.15, -0.1) is 11.3 Å². The fraction of sp³-hybridized carbons (Fsp3) is 0.227. The van der Waals surface area contributed by atoms with E-state index in [1.165, 1.54) is 17.6 Å². The number of anilines is 2. The maximum absolute atomic E-state index is 13.0. The molecule has 1 aliphatic rings. The quantitative estimate of drug-likeness (QED) is 0.643. The molecule has 0 radical (unpaired) electrons. The van der Waals surface area contributed by atoms with Crippen molar-refractivity contribution in [2.24, 2.45) is 0 Å². The monoisotopic (exact) mass is 423 g/mol. The Hall–Kier alpha value is -3.39. The van der Waals surface area contributed by atoms with Crippen LogP contribution in [0.5, 0.6) is 0 Å². The van der Waals surface area contributed by atoms with Crippen LogP contribution in [0.4, 0.5) is 11.4 Å². The van der Waals surface area contributed by atoms with Gasteiger partial charge in [0.25, 0.3) is 11.8 Å². The number of hydrogen-bond donors (Lipinski definition) is 2. The van der Waals surface area contributed by atoms with Crippen LogP contribution >= 0.6 is 11.3 Å². The maximum Gasteiger partial charge on any atom is 0.291 e. The van der Waals surface area contributed by atoms with Gasteiger partial charge in [-0.3, -0.25) is 14.4 Å². The minimum absolute atomic E-state index is 0.107. The number of benzene rings is 1. The Morgan fingerprint density at radius 1 is 1.00 bits per heavy atom. The van der Waals surface area contributed by atoms with Crippen molar-refractivity contribution in [2.75, 3.05) is 17.2 Å². The summed E-state index contributed by atoms with van der Waals surface area (Å²) in [5.41, 5.74) is 1.08. The zero-order valence-electron chi connectivity index (χ0n) is 16.2. The van der Waals surface area contributed by atoms with Gasteiger partial charge < -0.3 is 20.0 Å². The van der Waals surface area contributed by atoms with Crippen molar-refractivity contribution in [2.45, 2.75) is 25.3 Å². The number of nitrogens with zero attached hydrogens (tertiary/aromatic N) is 1. The first kappa shape index (κ1) is 19.9. The molecule has 4 rings (SSSR count). The third-order valence-corrected chi connectivity index (χ3v) is 5.79. The van der Waals surface area contributed by atoms with E-state index in [1.807, 2.05) is 11.4 Å². The van der Waals surface area contributed by atoms with E-state index in [4.69, 9.17) is 4.42 Å². The van der Waals surface area contributed by atoms with Gasteiger partial charge in [-0.2, -0.15) is 0 Å². The van der Waals surface area contributed by atoms with Crippen molar-refractivity contribution in [3.05, 3.63) is 70.8 Å². The molecule has 0 bridgehead atoms. The smallest absolute Gasteiger partial charge is 0.291 e. The SMILES string of the molecule is O=C(Nc1cccc(NC(=O)[C@H]2CCCCN2C(=O)c2cccs2)c1)c1ccco1. The van der Waals surface area contributed by atoms with Crippen LogP contribution in [-0.2, 0) is 4.79 Å². The second-order valence-electron chi connectivity index (χ2n) is 6.99. The zero-order valence-corrected chi connectivity index (χ0v) is 17.0. The molecule has 3 aromatic rings. The molecule has 1 atom stereocenters. The second-order valence-corrected chi connectivity index (χ2v) is 7.94. The molecule has 2 N–H and O–H groups in total. The Labute approximate surface area is 177 Å². The van der Waals surface area contributed by atoms with Gasteiger partial charge in [0.05, 0.1) is 11.1 Å². The van der Waals surface area contributed by atoms with E-state index in [0.717, 1.165) is 12.8 Å². The largest absolute Gasteiger partial charge is 0.459 e. The lowest BCUT2D eigenvalue weighted by molar-refractivity contribution is -0.121. The van der Waals surface area contributed by atoms with E-state index < -0.39 is 6.04 Å². The third-order valence-electron chi connectivity index (χ3n) is 4.93. The number of rotatable bonds is 5. The highest BCUT2D eigenvalue weighted by Crippen LogP contribution is 2.24. The lowest BCUT2D eigenvalue weighted by Gasteiger charge is -2.34. The Morgan fingerprint density at radius 3 is 2.57 bits per heavy atom. The van der Waals surface area contributed by atoms with Crippen molar-refractivity contribution >= 4 is 40.4 Å². The fourth-order valence-corrected chi connectivity index (χ4v) is 4.17. The normalized spacial score (nSPS) is 16.1. The summed E-state index contributed by atoms with van der Waals surface area (Å²) in [6.07, 6.45) is 3.83. The van der Waals surface area contributed by atoms with Crippen LogP contribution in [0.25, 0.3) is 0 Å². The molecular formula is C22H21N3O4S. The van der Waals surface area contributed by atoms with Crippen molar-refractivity contribution < 1.29 is 18.8 Å². The van der Waals surface area contributed by atoms with Crippen LogP contribution in [0.3, 0.4) is 0 Å². The van der Waals surface area contributed by atoms with Crippen molar-refractivity contribution in [1.29, 1.82) is 0 Å². The average Bonchev–Trinajstić information content (AvgIpc) is 3.48. The minimum Gasteiger partial charge on any atom is -0.459 e. The van der Waals surface area contributed by atoms with E-state index in [2.05, 4.69) is 10.6 Å². The number of likely N-dealkylation sites (tertiary alicyclic amines) is 1. The zero-order chi connectivity index (χ0) is 20.9. The molecule has 154 valence electrons. The first-order valence-electron chi connectivity index (χ1n) is 9.72. The van der Waals surface area contributed by atoms with Crippen LogP contribution in [-0.4, -0.2) is 35.2 Å². The number of carbonyl (C=O) groups is 3. The van der Waals surface area contributed by atoms with Crippen molar-refractivity contribution in [1.82, 2.24) is 4.90 Å². The highest BCUT2D eigenvalue weighted by Gasteiger charge is 2.33. The standard InChI is InChI=1S/C22H21N3O4S/c26-20(17-8-1-2-11-25(17)22(28)19-10-5-13-30-19)23-15-6-3-7-16(14-15)24-21(27)18-9-4-12-29-18/h3-7,9-10,12-14,17H,1-2,8,11H2,(H,23,26)(H,24,27)/t17-/m1/s1. The second kappa shape index (κ2) is 8.96. The molecule has 7 nitrogen and oxygen atoms in total. The van der Waals surface area contributed by atoms with Crippen molar-refractivity contribution in [3.8, 4) is 0 Å². The Morgan fingerprint density at radius 2 is 1.83 bits per heavy atom. The van der Waals surface area contributed by atoms with Gasteiger partial charge in [0, 0.05) is 17.9 Å². The molecule has 0 spiro atoms. The molecular weight excluding hydrogens is 402 g/mol. The molecule has 0 unspecified atom stereocenters. The topological polar surface area (TPSA) is 91.7 Å². The molecule has 8 heteroatoms. The average molecular weight is 423 g/mol. The summed E-state index contributed by atoms with van der Waals surface area (Å²) in [7, 11) is 0. The molecule has 0 aliphatic carbocycles. The molecule has 3 heterocycles. The highest BCUT2D eigenvalue weighted by atomic mass is 32.1. The predicted molar refractivity (Wildman–Crippen MR) is 115 cm³/mol. The van der Waals surface area contributed by atoms with Crippen LogP contribution in [0.15, 0.2) is 64.6 Å². The van der Waals surface area contributed by atoms with Gasteiger partial charge >= 0.3 is 0 Å². The fourth-order valence-electron chi connectivity index (χ4n) is 3.49. The molecule has 0 saturated carbocycles. The molecule has 1 fully saturated rings. The van der Waals surface area contributed by atoms with E-state index in [1.54, 1.807) is 47.4 Å². The van der Waals surface area contributed by atoms with Gasteiger partial charge in [0.2, 0.25) is 5.91 Å². The lowest BCUT2D eigenvalue weighted by atomic mass is 10.0. The minimum atomic E-state index is -0.519. The number of nitrogens with one attached hydrogen (secondary N) is 2. The number of carbonyl (C=O) groups excluding carboxylic acids is 3. The van der Waals surface area contributed by atoms with E-state index in [-0.39, 0.29) is 23.5 Å². The molecule has 1 saturated heterocycles. The van der Waals surface area contributed by atoms with E-state index >= 15 is 0 Å². The van der Waals surface area contributed by atoms with Gasteiger partial charge in [-0.25, -0.2) is 0 Å². The first-order valence-corrected chi connectivity index (χ1v) is 10.6. The molecule has 2 aromatic heterocycles. The Balaban J connectivity index is 1.44. The van der Waals surface area contributed by atoms with Crippen LogP contribution in [0.2, 0.25) is 0 Å². The number of amides is 3. The summed E-state index contributed by atoms with van der Waals surface area (Å²) in [4.78, 5) is 40.2. The van der Waals surface area contributed by atoms with Crippen molar-refractivity contribution in [3.63, 3.8) is 0 Å². The maximum atomic E-state index is 13.0. The Kier molecular flexibility index (Phi) is 5.94. The summed E-state index contributed by atoms with van der Waals surface area (Å²) < 4.78 is 5.09. The van der Waals surface area contributed by atoms with Gasteiger partial charge in [-0.1, -0.05) is 12.1 Å². The number of hydrogen-bond acceptors (Lipinski definition) is 5. The summed E-state index contributed by atoms with van der Waals surface area (Å²) in [6.45, 7) is 0.564. The summed E-state index contributed by atoms with van der Waals surface area (Å²) in [5, 5.41) is 7.48. The van der Waals surface area contributed by atoms with Crippen LogP contribution < -0.4 is 10.6 Å². The molecule has 30 heavy (non-hydrogen) atoms. The third kappa shape index (κ3) is 4.44. The molecule has 3 amide bonds. The number of thiophene rings is 1. The lowest BCUT2D eigenvalue weighted by Crippen LogP contribution is -2.49. The molecule has 1 aromatic carbocycles.